The van der Waals surface area contributed by atoms with Crippen molar-refractivity contribution in [1.82, 2.24) is 4.72 Å². The Morgan fingerprint density at radius 3 is 2.50 bits per heavy atom. The van der Waals surface area contributed by atoms with E-state index >= 15 is 0 Å². The van der Waals surface area contributed by atoms with Crippen LogP contribution in [0.15, 0.2) is 29.2 Å². The van der Waals surface area contributed by atoms with Gasteiger partial charge in [-0.1, -0.05) is 6.92 Å². The third kappa shape index (κ3) is 4.80. The van der Waals surface area contributed by atoms with Gasteiger partial charge in [-0.05, 0) is 43.0 Å². The SMILES string of the molecule is CC1CC[NH+](CCCNS(=O)(=O)c2ccc(C#N)cc2)CC1. The molecule has 0 bridgehead atoms. The molecule has 0 saturated carbocycles. The van der Waals surface area contributed by atoms with Crippen molar-refractivity contribution in [2.24, 2.45) is 5.92 Å². The van der Waals surface area contributed by atoms with Crippen molar-refractivity contribution in [3.05, 3.63) is 29.8 Å². The van der Waals surface area contributed by atoms with Gasteiger partial charge in [-0.15, -0.1) is 0 Å². The molecule has 6 heteroatoms. The summed E-state index contributed by atoms with van der Waals surface area (Å²) >= 11 is 0. The Morgan fingerprint density at radius 2 is 1.91 bits per heavy atom. The highest BCUT2D eigenvalue weighted by Gasteiger charge is 2.19. The van der Waals surface area contributed by atoms with Crippen LogP contribution in [-0.2, 0) is 10.0 Å². The molecule has 0 aliphatic carbocycles. The molecule has 5 nitrogen and oxygen atoms in total. The number of quaternary nitrogens is 1. The molecule has 0 spiro atoms. The van der Waals surface area contributed by atoms with Crippen molar-refractivity contribution in [2.45, 2.75) is 31.1 Å². The maximum absolute atomic E-state index is 12.1. The number of rotatable bonds is 6. The summed E-state index contributed by atoms with van der Waals surface area (Å²) in [5, 5.41) is 8.73. The molecule has 1 aliphatic rings. The molecule has 2 N–H and O–H groups in total. The van der Waals surface area contributed by atoms with Gasteiger partial charge in [-0.25, -0.2) is 13.1 Å². The zero-order valence-corrected chi connectivity index (χ0v) is 13.8. The Bertz CT molecular complexity index is 612. The van der Waals surface area contributed by atoms with Crippen molar-refractivity contribution in [3.8, 4) is 6.07 Å². The van der Waals surface area contributed by atoms with E-state index in [9.17, 15) is 8.42 Å². The van der Waals surface area contributed by atoms with Gasteiger partial charge in [0, 0.05) is 13.0 Å². The molecule has 0 amide bonds. The molecule has 120 valence electrons. The van der Waals surface area contributed by atoms with E-state index in [2.05, 4.69) is 11.6 Å². The average molecular weight is 322 g/mol. The number of nitriles is 1. The zero-order chi connectivity index (χ0) is 16.0. The number of piperidine rings is 1. The van der Waals surface area contributed by atoms with Crippen molar-refractivity contribution in [3.63, 3.8) is 0 Å². The Kier molecular flexibility index (Phi) is 5.95. The van der Waals surface area contributed by atoms with Crippen LogP contribution in [-0.4, -0.2) is 34.6 Å². The first-order chi connectivity index (χ1) is 10.5. The molecule has 0 aromatic heterocycles. The Labute approximate surface area is 133 Å². The Balaban J connectivity index is 1.76. The van der Waals surface area contributed by atoms with Gasteiger partial charge in [-0.2, -0.15) is 5.26 Å². The molecule has 1 saturated heterocycles. The molecule has 1 heterocycles. The lowest BCUT2D eigenvalue weighted by Crippen LogP contribution is -3.13. The standard InChI is InChI=1S/C16H23N3O2S/c1-14-7-11-19(12-8-14)10-2-9-18-22(20,21)16-5-3-15(13-17)4-6-16/h3-6,14,18H,2,7-12H2,1H3/p+1. The number of hydrogen-bond donors (Lipinski definition) is 2. The minimum atomic E-state index is -3.47. The zero-order valence-electron chi connectivity index (χ0n) is 13.0. The Hall–Kier alpha value is -1.42. The van der Waals surface area contributed by atoms with Crippen molar-refractivity contribution >= 4 is 10.0 Å². The first kappa shape index (κ1) is 16.9. The van der Waals surface area contributed by atoms with E-state index in [1.54, 1.807) is 4.90 Å². The van der Waals surface area contributed by atoms with Crippen molar-refractivity contribution < 1.29 is 13.3 Å². The van der Waals surface area contributed by atoms with Crippen LogP contribution < -0.4 is 9.62 Å². The predicted octanol–water partition coefficient (Wildman–Crippen LogP) is 0.541. The lowest BCUT2D eigenvalue weighted by atomic mass is 9.99. The number of sulfonamides is 1. The summed E-state index contributed by atoms with van der Waals surface area (Å²) in [5.74, 6) is 0.832. The van der Waals surface area contributed by atoms with Crippen LogP contribution in [0.2, 0.25) is 0 Å². The molecule has 1 aromatic rings. The summed E-state index contributed by atoms with van der Waals surface area (Å²) in [6.07, 6.45) is 3.39. The van der Waals surface area contributed by atoms with Crippen LogP contribution in [0, 0.1) is 17.2 Å². The third-order valence-corrected chi connectivity index (χ3v) is 5.75. The van der Waals surface area contributed by atoms with Gasteiger partial charge in [0.25, 0.3) is 0 Å². The smallest absolute Gasteiger partial charge is 0.240 e. The summed E-state index contributed by atoms with van der Waals surface area (Å²) in [7, 11) is -3.47. The number of benzene rings is 1. The van der Waals surface area contributed by atoms with E-state index in [1.807, 2.05) is 6.07 Å². The maximum Gasteiger partial charge on any atom is 0.240 e. The predicted molar refractivity (Wildman–Crippen MR) is 84.9 cm³/mol. The summed E-state index contributed by atoms with van der Waals surface area (Å²) in [6.45, 7) is 6.17. The normalized spacial score (nSPS) is 22.2. The monoisotopic (exact) mass is 322 g/mol. The molecule has 22 heavy (non-hydrogen) atoms. The lowest BCUT2D eigenvalue weighted by molar-refractivity contribution is -0.906. The fourth-order valence-corrected chi connectivity index (χ4v) is 3.83. The highest BCUT2D eigenvalue weighted by Crippen LogP contribution is 2.10. The quantitative estimate of drug-likeness (QED) is 0.751. The largest absolute Gasteiger partial charge is 0.335 e. The highest BCUT2D eigenvalue weighted by atomic mass is 32.2. The summed E-state index contributed by atoms with van der Waals surface area (Å²) in [5.41, 5.74) is 0.460. The third-order valence-electron chi connectivity index (χ3n) is 4.27. The number of hydrogen-bond acceptors (Lipinski definition) is 3. The van der Waals surface area contributed by atoms with E-state index in [4.69, 9.17) is 5.26 Å². The van der Waals surface area contributed by atoms with E-state index in [1.165, 1.54) is 50.2 Å². The average Bonchev–Trinajstić information content (AvgIpc) is 2.53. The summed E-state index contributed by atoms with van der Waals surface area (Å²) < 4.78 is 26.9. The van der Waals surface area contributed by atoms with E-state index in [0.29, 0.717) is 12.1 Å². The van der Waals surface area contributed by atoms with Crippen molar-refractivity contribution in [1.29, 1.82) is 5.26 Å². The molecule has 2 rings (SSSR count). The summed E-state index contributed by atoms with van der Waals surface area (Å²) in [6, 6.07) is 7.96. The Morgan fingerprint density at radius 1 is 1.27 bits per heavy atom. The van der Waals surface area contributed by atoms with E-state index < -0.39 is 10.0 Å². The van der Waals surface area contributed by atoms with Gasteiger partial charge in [0.05, 0.1) is 36.2 Å². The van der Waals surface area contributed by atoms with Crippen LogP contribution in [0.25, 0.3) is 0 Å². The van der Waals surface area contributed by atoms with Crippen LogP contribution >= 0.6 is 0 Å². The molecular formula is C16H24N3O2S+. The second-order valence-corrected chi connectivity index (χ2v) is 7.84. The summed E-state index contributed by atoms with van der Waals surface area (Å²) in [4.78, 5) is 1.79. The second-order valence-electron chi connectivity index (χ2n) is 6.07. The van der Waals surface area contributed by atoms with E-state index in [0.717, 1.165) is 18.9 Å². The van der Waals surface area contributed by atoms with Crippen LogP contribution in [0.5, 0.6) is 0 Å². The first-order valence-corrected chi connectivity index (χ1v) is 9.33. The second kappa shape index (κ2) is 7.73. The molecule has 1 aliphatic heterocycles. The molecule has 1 aromatic carbocycles. The molecule has 0 unspecified atom stereocenters. The van der Waals surface area contributed by atoms with Crippen LogP contribution in [0.4, 0.5) is 0 Å². The lowest BCUT2D eigenvalue weighted by Gasteiger charge is -2.27. The van der Waals surface area contributed by atoms with Gasteiger partial charge < -0.3 is 4.90 Å². The van der Waals surface area contributed by atoms with Gasteiger partial charge in [0.2, 0.25) is 10.0 Å². The fraction of sp³-hybridized carbons (Fsp3) is 0.562. The van der Waals surface area contributed by atoms with Gasteiger partial charge in [0.1, 0.15) is 0 Å². The molecule has 0 atom stereocenters. The highest BCUT2D eigenvalue weighted by molar-refractivity contribution is 7.89. The van der Waals surface area contributed by atoms with Gasteiger partial charge in [0.15, 0.2) is 0 Å². The topological polar surface area (TPSA) is 74.4 Å². The van der Waals surface area contributed by atoms with Gasteiger partial charge in [-0.3, -0.25) is 0 Å². The molecule has 0 radical (unpaired) electrons. The molecular weight excluding hydrogens is 298 g/mol. The first-order valence-electron chi connectivity index (χ1n) is 7.84. The van der Waals surface area contributed by atoms with Crippen LogP contribution in [0.1, 0.15) is 31.7 Å². The number of nitrogens with zero attached hydrogens (tertiary/aromatic N) is 1. The molecule has 1 fully saturated rings. The van der Waals surface area contributed by atoms with Gasteiger partial charge >= 0.3 is 0 Å². The fourth-order valence-electron chi connectivity index (χ4n) is 2.76. The number of nitrogens with one attached hydrogen (secondary N) is 2. The minimum Gasteiger partial charge on any atom is -0.335 e. The minimum absolute atomic E-state index is 0.214. The van der Waals surface area contributed by atoms with E-state index in [-0.39, 0.29) is 4.90 Å². The maximum atomic E-state index is 12.1. The van der Waals surface area contributed by atoms with Crippen molar-refractivity contribution in [2.75, 3.05) is 26.2 Å². The number of likely N-dealkylation sites (tertiary alicyclic amines) is 1. The van der Waals surface area contributed by atoms with Crippen LogP contribution in [0.3, 0.4) is 0 Å².